The van der Waals surface area contributed by atoms with Gasteiger partial charge in [0.05, 0.1) is 5.69 Å². The van der Waals surface area contributed by atoms with Crippen LogP contribution in [-0.2, 0) is 17.4 Å². The largest absolute Gasteiger partial charge is 0.323 e. The molecule has 142 valence electrons. The van der Waals surface area contributed by atoms with E-state index < -0.39 is 10.9 Å². The molecule has 1 unspecified atom stereocenters. The van der Waals surface area contributed by atoms with Crippen LogP contribution in [0.2, 0.25) is 0 Å². The van der Waals surface area contributed by atoms with E-state index in [-0.39, 0.29) is 6.03 Å². The van der Waals surface area contributed by atoms with Gasteiger partial charge in [-0.1, -0.05) is 36.4 Å². The van der Waals surface area contributed by atoms with Crippen molar-refractivity contribution >= 4 is 34.0 Å². The number of anilines is 2. The lowest BCUT2D eigenvalue weighted by Gasteiger charge is -2.28. The number of carbonyl (C=O) groups excluding carboxylic acids is 1. The van der Waals surface area contributed by atoms with Crippen LogP contribution in [0.3, 0.4) is 0 Å². The van der Waals surface area contributed by atoms with Crippen LogP contribution < -0.4 is 9.62 Å². The van der Waals surface area contributed by atoms with Gasteiger partial charge in [-0.05, 0) is 48.0 Å². The van der Waals surface area contributed by atoms with Crippen LogP contribution in [0.4, 0.5) is 21.9 Å². The molecule has 0 saturated heterocycles. The lowest BCUT2D eigenvalue weighted by atomic mass is 10.1. The number of nitrogens with one attached hydrogen (secondary N) is 1. The van der Waals surface area contributed by atoms with Gasteiger partial charge in [-0.3, -0.25) is 0 Å². The highest BCUT2D eigenvalue weighted by molar-refractivity contribution is 7.88. The van der Waals surface area contributed by atoms with E-state index in [1.807, 2.05) is 60.7 Å². The van der Waals surface area contributed by atoms with E-state index in [1.54, 1.807) is 11.9 Å². The number of carbonyl (C=O) groups is 1. The number of benzene rings is 3. The second-order valence-corrected chi connectivity index (χ2v) is 8.36. The molecule has 0 radical (unpaired) electrons. The molecular formula is C22H22N4OS. The van der Waals surface area contributed by atoms with E-state index >= 15 is 0 Å². The molecule has 1 heterocycles. The Bertz CT molecular complexity index is 1020. The molecule has 1 N–H and O–H groups in total. The Hall–Kier alpha value is -3.12. The Morgan fingerprint density at radius 1 is 1.00 bits per heavy atom. The number of urea groups is 1. The second-order valence-electron chi connectivity index (χ2n) is 6.63. The Morgan fingerprint density at radius 2 is 1.68 bits per heavy atom. The molecule has 4 rings (SSSR count). The summed E-state index contributed by atoms with van der Waals surface area (Å²) in [4.78, 5) is 14.7. The minimum Gasteiger partial charge on any atom is -0.323 e. The fourth-order valence-electron chi connectivity index (χ4n) is 3.07. The standard InChI is InChI=1S/C22H22N4OS/c1-25-16-17-15-19(13-14-21(17)23-22(25)27)26(2)28(20-11-7-4-8-12-20)24-18-9-5-3-6-10-18/h3-15H,16H2,1-2H3,(H,23,27). The van der Waals surface area contributed by atoms with Crippen molar-refractivity contribution in [1.82, 2.24) is 4.90 Å². The Morgan fingerprint density at radius 3 is 2.39 bits per heavy atom. The third-order valence-electron chi connectivity index (χ3n) is 4.61. The maximum Gasteiger partial charge on any atom is 0.321 e. The van der Waals surface area contributed by atoms with Gasteiger partial charge in [0.15, 0.2) is 0 Å². The summed E-state index contributed by atoms with van der Waals surface area (Å²) < 4.78 is 7.21. The van der Waals surface area contributed by atoms with Gasteiger partial charge in [0.25, 0.3) is 0 Å². The van der Waals surface area contributed by atoms with Crippen molar-refractivity contribution in [3.05, 3.63) is 84.4 Å². The van der Waals surface area contributed by atoms with Gasteiger partial charge in [0.2, 0.25) is 0 Å². The number of nitrogens with zero attached hydrogens (tertiary/aromatic N) is 3. The van der Waals surface area contributed by atoms with Crippen molar-refractivity contribution in [3.8, 4) is 0 Å². The molecule has 28 heavy (non-hydrogen) atoms. The van der Waals surface area contributed by atoms with E-state index in [0.717, 1.165) is 27.5 Å². The maximum atomic E-state index is 11.9. The highest BCUT2D eigenvalue weighted by atomic mass is 32.2. The van der Waals surface area contributed by atoms with Crippen LogP contribution in [-0.4, -0.2) is 25.0 Å². The average molecular weight is 391 g/mol. The summed E-state index contributed by atoms with van der Waals surface area (Å²) in [5, 5.41) is 2.92. The smallest absolute Gasteiger partial charge is 0.321 e. The lowest BCUT2D eigenvalue weighted by molar-refractivity contribution is 0.218. The molecule has 0 saturated carbocycles. The summed E-state index contributed by atoms with van der Waals surface area (Å²) in [6.07, 6.45) is 0. The van der Waals surface area contributed by atoms with Crippen molar-refractivity contribution in [3.63, 3.8) is 0 Å². The van der Waals surface area contributed by atoms with Gasteiger partial charge in [-0.15, -0.1) is 0 Å². The monoisotopic (exact) mass is 390 g/mol. The molecule has 0 aliphatic carbocycles. The Kier molecular flexibility index (Phi) is 5.12. The maximum absolute atomic E-state index is 11.9. The van der Waals surface area contributed by atoms with Crippen molar-refractivity contribution in [2.24, 2.45) is 4.36 Å². The van der Waals surface area contributed by atoms with E-state index in [4.69, 9.17) is 4.36 Å². The molecule has 0 spiro atoms. The molecule has 1 aliphatic heterocycles. The first-order valence-electron chi connectivity index (χ1n) is 9.07. The van der Waals surface area contributed by atoms with E-state index in [9.17, 15) is 4.79 Å². The van der Waals surface area contributed by atoms with Gasteiger partial charge in [-0.25, -0.2) is 9.16 Å². The molecule has 3 aromatic carbocycles. The first-order valence-corrected chi connectivity index (χ1v) is 10.2. The summed E-state index contributed by atoms with van der Waals surface area (Å²) >= 11 is 0. The topological polar surface area (TPSA) is 47.9 Å². The summed E-state index contributed by atoms with van der Waals surface area (Å²) in [7, 11) is 3.37. The molecule has 0 bridgehead atoms. The minimum absolute atomic E-state index is 0.0725. The first-order chi connectivity index (χ1) is 13.6. The van der Waals surface area contributed by atoms with Gasteiger partial charge in [-0.2, -0.15) is 0 Å². The zero-order valence-corrected chi connectivity index (χ0v) is 16.7. The van der Waals surface area contributed by atoms with Crippen molar-refractivity contribution in [2.75, 3.05) is 23.7 Å². The van der Waals surface area contributed by atoms with Crippen LogP contribution in [0, 0.1) is 0 Å². The van der Waals surface area contributed by atoms with Gasteiger partial charge in [0.1, 0.15) is 0 Å². The third-order valence-corrected chi connectivity index (χ3v) is 6.42. The lowest BCUT2D eigenvalue weighted by Crippen LogP contribution is -2.35. The van der Waals surface area contributed by atoms with Crippen molar-refractivity contribution in [2.45, 2.75) is 11.4 Å². The van der Waals surface area contributed by atoms with E-state index in [0.29, 0.717) is 6.54 Å². The summed E-state index contributed by atoms with van der Waals surface area (Å²) in [5.74, 6) is 0. The van der Waals surface area contributed by atoms with Gasteiger partial charge in [0, 0.05) is 47.8 Å². The first kappa shape index (κ1) is 18.3. The fraction of sp³-hybridized carbons (Fsp3) is 0.136. The number of hydrogen-bond donors (Lipinski definition) is 1. The fourth-order valence-corrected chi connectivity index (χ4v) is 4.65. The molecule has 2 amide bonds. The number of fused-ring (bicyclic) bond motifs is 1. The Balaban J connectivity index is 1.74. The quantitative estimate of drug-likeness (QED) is 0.665. The summed E-state index contributed by atoms with van der Waals surface area (Å²) in [6, 6.07) is 26.4. The zero-order chi connectivity index (χ0) is 19.5. The van der Waals surface area contributed by atoms with Gasteiger partial charge >= 0.3 is 6.03 Å². The predicted octanol–water partition coefficient (Wildman–Crippen LogP) is 5.21. The summed E-state index contributed by atoms with van der Waals surface area (Å²) in [6.45, 7) is 0.595. The zero-order valence-electron chi connectivity index (χ0n) is 15.9. The van der Waals surface area contributed by atoms with Crippen LogP contribution in [0.1, 0.15) is 5.56 Å². The summed E-state index contributed by atoms with van der Waals surface area (Å²) in [5.41, 5.74) is 3.99. The molecule has 6 heteroatoms. The molecule has 1 atom stereocenters. The minimum atomic E-state index is -0.494. The molecular weight excluding hydrogens is 368 g/mol. The van der Waals surface area contributed by atoms with Crippen LogP contribution in [0.25, 0.3) is 0 Å². The number of hydrogen-bond acceptors (Lipinski definition) is 2. The van der Waals surface area contributed by atoms with E-state index in [1.165, 1.54) is 0 Å². The van der Waals surface area contributed by atoms with Crippen LogP contribution in [0.15, 0.2) is 88.1 Å². The third kappa shape index (κ3) is 3.77. The SMILES string of the molecule is CN1Cc2cc(N(C)S(=Nc3ccccc3)c3ccccc3)ccc2NC1=O. The number of amides is 2. The highest BCUT2D eigenvalue weighted by Gasteiger charge is 2.20. The normalized spacial score (nSPS) is 14.4. The highest BCUT2D eigenvalue weighted by Crippen LogP contribution is 2.30. The van der Waals surface area contributed by atoms with Crippen LogP contribution in [0.5, 0.6) is 0 Å². The van der Waals surface area contributed by atoms with E-state index in [2.05, 4.69) is 34.9 Å². The number of rotatable bonds is 4. The second kappa shape index (κ2) is 7.86. The van der Waals surface area contributed by atoms with Crippen molar-refractivity contribution < 1.29 is 4.79 Å². The van der Waals surface area contributed by atoms with Crippen molar-refractivity contribution in [1.29, 1.82) is 0 Å². The Labute approximate surface area is 167 Å². The van der Waals surface area contributed by atoms with Crippen LogP contribution >= 0.6 is 0 Å². The molecule has 3 aromatic rings. The molecule has 1 aliphatic rings. The predicted molar refractivity (Wildman–Crippen MR) is 116 cm³/mol. The molecule has 5 nitrogen and oxygen atoms in total. The molecule has 0 aromatic heterocycles. The van der Waals surface area contributed by atoms with Gasteiger partial charge < -0.3 is 14.5 Å². The average Bonchev–Trinajstić information content (AvgIpc) is 2.73. The molecule has 0 fully saturated rings.